The van der Waals surface area contributed by atoms with E-state index in [1.54, 1.807) is 11.9 Å². The number of hydrogen-bond acceptors (Lipinski definition) is 12. The molecule has 3 aromatic rings. The van der Waals surface area contributed by atoms with Crippen LogP contribution in [0.25, 0.3) is 0 Å². The van der Waals surface area contributed by atoms with Crippen molar-refractivity contribution in [2.24, 2.45) is 0 Å². The first kappa shape index (κ1) is 29.1. The Morgan fingerprint density at radius 3 is 1.82 bits per heavy atom. The molecule has 0 atom stereocenters. The fourth-order valence-corrected chi connectivity index (χ4v) is 4.33. The Morgan fingerprint density at radius 1 is 0.737 bits per heavy atom. The second-order valence-electron chi connectivity index (χ2n) is 8.04. The van der Waals surface area contributed by atoms with Gasteiger partial charge in [-0.15, -0.1) is 0 Å². The molecule has 3 rings (SSSR count). The van der Waals surface area contributed by atoms with Gasteiger partial charge in [0.15, 0.2) is 0 Å². The molecule has 0 spiro atoms. The fourth-order valence-electron chi connectivity index (χ4n) is 2.91. The van der Waals surface area contributed by atoms with E-state index in [1.807, 2.05) is 0 Å². The fraction of sp³-hybridized carbons (Fsp3) is 0.250. The van der Waals surface area contributed by atoms with Gasteiger partial charge >= 0.3 is 0 Å². The number of aromatic nitrogens is 3. The lowest BCUT2D eigenvalue weighted by atomic mass is 10.3. The van der Waals surface area contributed by atoms with Gasteiger partial charge in [0, 0.05) is 38.6 Å². The van der Waals surface area contributed by atoms with E-state index < -0.39 is 30.3 Å². The summed E-state index contributed by atoms with van der Waals surface area (Å²) >= 11 is 0. The molecule has 0 amide bonds. The summed E-state index contributed by atoms with van der Waals surface area (Å²) < 4.78 is 88.6. The van der Waals surface area contributed by atoms with Crippen molar-refractivity contribution in [2.45, 2.75) is 9.79 Å². The second kappa shape index (κ2) is 11.1. The summed E-state index contributed by atoms with van der Waals surface area (Å²) in [7, 11) is -9.20. The molecule has 0 aliphatic rings. The normalized spacial score (nSPS) is 12.4. The smallest absolute Gasteiger partial charge is 0.294 e. The monoisotopic (exact) mass is 587 g/mol. The number of anilines is 5. The van der Waals surface area contributed by atoms with Crippen LogP contribution in [0, 0.1) is 0 Å². The largest absolute Gasteiger partial charge is 0.342 e. The molecule has 38 heavy (non-hydrogen) atoms. The highest BCUT2D eigenvalue weighted by Crippen LogP contribution is 2.22. The third kappa shape index (κ3) is 8.04. The highest BCUT2D eigenvalue weighted by atomic mass is 32.2. The van der Waals surface area contributed by atoms with Crippen LogP contribution in [0.1, 0.15) is 0 Å². The number of nitrogens with one attached hydrogen (secondary N) is 2. The van der Waals surface area contributed by atoms with Crippen LogP contribution < -0.4 is 15.5 Å². The quantitative estimate of drug-likeness (QED) is 0.232. The highest BCUT2D eigenvalue weighted by Gasteiger charge is 2.16. The Morgan fingerprint density at radius 2 is 1.29 bits per heavy atom. The van der Waals surface area contributed by atoms with E-state index in [0.717, 1.165) is 10.6 Å². The first-order chi connectivity index (χ1) is 17.5. The average Bonchev–Trinajstić information content (AvgIpc) is 2.81. The van der Waals surface area contributed by atoms with Crippen LogP contribution in [-0.4, -0.2) is 87.1 Å². The second-order valence-corrected chi connectivity index (χ2v) is 13.0. The standard InChI is InChI=1S/C20H25N7O8S3/c1-26(11-12-27(2)36(3,28)29)20-24-18(21-14-7-9-16(10-8-14)37(30,31)32)23-19(25-20)22-15-5-4-6-17(13-15)38(33,34)35/h4-10,13H,11-12H2,1-3H3,(H,30,31,32)(H,33,34,35)(H2,21,22,23,24,25). The molecule has 18 heteroatoms. The molecule has 1 aromatic heterocycles. The van der Waals surface area contributed by atoms with Crippen LogP contribution in [0.4, 0.5) is 29.2 Å². The van der Waals surface area contributed by atoms with E-state index in [4.69, 9.17) is 4.55 Å². The van der Waals surface area contributed by atoms with Gasteiger partial charge in [-0.1, -0.05) is 6.07 Å². The number of rotatable bonds is 11. The number of hydrogen-bond donors (Lipinski definition) is 4. The van der Waals surface area contributed by atoms with Crippen molar-refractivity contribution in [1.29, 1.82) is 0 Å². The van der Waals surface area contributed by atoms with Gasteiger partial charge in [0.1, 0.15) is 0 Å². The molecule has 4 N–H and O–H groups in total. The summed E-state index contributed by atoms with van der Waals surface area (Å²) in [6, 6.07) is 10.4. The van der Waals surface area contributed by atoms with Gasteiger partial charge in [0.25, 0.3) is 20.2 Å². The van der Waals surface area contributed by atoms with E-state index >= 15 is 0 Å². The molecule has 0 aliphatic heterocycles. The van der Waals surface area contributed by atoms with Crippen LogP contribution >= 0.6 is 0 Å². The molecule has 0 unspecified atom stereocenters. The molecular weight excluding hydrogens is 562 g/mol. The zero-order valence-electron chi connectivity index (χ0n) is 20.3. The molecule has 206 valence electrons. The lowest BCUT2D eigenvalue weighted by molar-refractivity contribution is 0.478. The van der Waals surface area contributed by atoms with Gasteiger partial charge in [-0.3, -0.25) is 9.11 Å². The molecule has 1 heterocycles. The molecule has 0 bridgehead atoms. The molecule has 0 saturated carbocycles. The van der Waals surface area contributed by atoms with Crippen molar-refractivity contribution < 1.29 is 34.4 Å². The van der Waals surface area contributed by atoms with Gasteiger partial charge in [-0.25, -0.2) is 12.7 Å². The lowest BCUT2D eigenvalue weighted by Crippen LogP contribution is -2.34. The van der Waals surface area contributed by atoms with E-state index in [1.165, 1.54) is 55.6 Å². The van der Waals surface area contributed by atoms with Crippen molar-refractivity contribution in [1.82, 2.24) is 19.3 Å². The molecule has 2 aromatic carbocycles. The molecule has 0 aliphatic carbocycles. The van der Waals surface area contributed by atoms with Gasteiger partial charge in [-0.2, -0.15) is 31.8 Å². The molecule has 0 saturated heterocycles. The lowest BCUT2D eigenvalue weighted by Gasteiger charge is -2.21. The van der Waals surface area contributed by atoms with Gasteiger partial charge < -0.3 is 15.5 Å². The third-order valence-electron chi connectivity index (χ3n) is 5.08. The summed E-state index contributed by atoms with van der Waals surface area (Å²) in [6.45, 7) is 0.327. The molecule has 0 fully saturated rings. The van der Waals surface area contributed by atoms with Gasteiger partial charge in [0.05, 0.1) is 16.0 Å². The van der Waals surface area contributed by atoms with E-state index in [-0.39, 0.29) is 46.4 Å². The van der Waals surface area contributed by atoms with Crippen molar-refractivity contribution in [3.05, 3.63) is 48.5 Å². The zero-order valence-corrected chi connectivity index (χ0v) is 22.8. The summed E-state index contributed by atoms with van der Waals surface area (Å²) in [6.07, 6.45) is 1.08. The predicted molar refractivity (Wildman–Crippen MR) is 140 cm³/mol. The van der Waals surface area contributed by atoms with Crippen LogP contribution in [-0.2, 0) is 30.3 Å². The Kier molecular flexibility index (Phi) is 8.54. The Bertz CT molecular complexity index is 1630. The van der Waals surface area contributed by atoms with Gasteiger partial charge in [0.2, 0.25) is 27.9 Å². The molecular formula is C20H25N7O8S3. The number of likely N-dealkylation sites (N-methyl/N-ethyl adjacent to an activating group) is 2. The summed E-state index contributed by atoms with van der Waals surface area (Å²) in [5.74, 6) is 0.0987. The SMILES string of the molecule is CN(CCN(C)S(C)(=O)=O)c1nc(Nc2ccc(S(=O)(=O)O)cc2)nc(Nc2cccc(S(=O)(=O)O)c2)n1. The van der Waals surface area contributed by atoms with Crippen LogP contribution in [0.15, 0.2) is 58.3 Å². The number of benzene rings is 2. The van der Waals surface area contributed by atoms with Crippen molar-refractivity contribution in [3.63, 3.8) is 0 Å². The minimum absolute atomic E-state index is 0.00589. The average molecular weight is 588 g/mol. The third-order valence-corrected chi connectivity index (χ3v) is 8.11. The highest BCUT2D eigenvalue weighted by molar-refractivity contribution is 7.88. The minimum atomic E-state index is -4.46. The maximum atomic E-state index is 11.7. The molecule has 0 radical (unpaired) electrons. The topological polar surface area (TPSA) is 212 Å². The number of sulfonamides is 1. The molecule has 15 nitrogen and oxygen atoms in total. The van der Waals surface area contributed by atoms with Crippen molar-refractivity contribution >= 4 is 59.5 Å². The van der Waals surface area contributed by atoms with E-state index in [0.29, 0.717) is 5.69 Å². The van der Waals surface area contributed by atoms with Gasteiger partial charge in [-0.05, 0) is 42.5 Å². The van der Waals surface area contributed by atoms with Crippen molar-refractivity contribution in [2.75, 3.05) is 49.0 Å². The summed E-state index contributed by atoms with van der Waals surface area (Å²) in [5, 5.41) is 5.71. The van der Waals surface area contributed by atoms with Crippen molar-refractivity contribution in [3.8, 4) is 0 Å². The summed E-state index contributed by atoms with van der Waals surface area (Å²) in [5.41, 5.74) is 0.605. The first-order valence-electron chi connectivity index (χ1n) is 10.6. The van der Waals surface area contributed by atoms with Crippen LogP contribution in [0.2, 0.25) is 0 Å². The van der Waals surface area contributed by atoms with E-state index in [2.05, 4.69) is 25.6 Å². The van der Waals surface area contributed by atoms with Crippen LogP contribution in [0.5, 0.6) is 0 Å². The van der Waals surface area contributed by atoms with Crippen LogP contribution in [0.3, 0.4) is 0 Å². The first-order valence-corrected chi connectivity index (χ1v) is 15.3. The zero-order chi connectivity index (χ0) is 28.3. The number of nitrogens with zero attached hydrogens (tertiary/aromatic N) is 5. The summed E-state index contributed by atoms with van der Waals surface area (Å²) in [4.78, 5) is 13.8. The Labute approximate surface area is 220 Å². The maximum absolute atomic E-state index is 11.7. The Hall–Kier alpha value is -3.42. The predicted octanol–water partition coefficient (Wildman–Crippen LogP) is 1.18. The maximum Gasteiger partial charge on any atom is 0.294 e. The minimum Gasteiger partial charge on any atom is -0.342 e. The van der Waals surface area contributed by atoms with E-state index in [9.17, 15) is 29.8 Å². The Balaban J connectivity index is 1.94.